The Balaban J connectivity index is 2.11. The third-order valence-corrected chi connectivity index (χ3v) is 4.15. The first-order chi connectivity index (χ1) is 8.20. The number of hydrogen-bond acceptors (Lipinski definition) is 0. The van der Waals surface area contributed by atoms with Crippen LogP contribution in [0.4, 0.5) is 4.39 Å². The van der Waals surface area contributed by atoms with Crippen molar-refractivity contribution in [2.75, 3.05) is 0 Å². The van der Waals surface area contributed by atoms with E-state index in [1.165, 1.54) is 24.8 Å². The maximum absolute atomic E-state index is 13.5. The monoisotopic (exact) mass is 296 g/mol. The minimum absolute atomic E-state index is 0.168. The van der Waals surface area contributed by atoms with Crippen molar-refractivity contribution in [2.45, 2.75) is 39.0 Å². The highest BCUT2D eigenvalue weighted by atomic mass is 79.9. The highest BCUT2D eigenvalue weighted by Gasteiger charge is 2.15. The van der Waals surface area contributed by atoms with Crippen molar-refractivity contribution >= 4 is 21.5 Å². The van der Waals surface area contributed by atoms with Crippen LogP contribution in [0, 0.1) is 11.7 Å². The second-order valence-corrected chi connectivity index (χ2v) is 5.64. The zero-order chi connectivity index (χ0) is 12.3. The van der Waals surface area contributed by atoms with Crippen molar-refractivity contribution in [3.8, 4) is 0 Å². The quantitative estimate of drug-likeness (QED) is 0.684. The van der Waals surface area contributed by atoms with Crippen molar-refractivity contribution in [1.82, 2.24) is 0 Å². The first-order valence-corrected chi connectivity index (χ1v) is 7.14. The summed E-state index contributed by atoms with van der Waals surface area (Å²) >= 11 is 3.19. The molecule has 2 rings (SSSR count). The van der Waals surface area contributed by atoms with Crippen molar-refractivity contribution in [3.05, 3.63) is 40.1 Å². The molecule has 0 aromatic heterocycles. The molecule has 1 unspecified atom stereocenters. The molecule has 0 nitrogen and oxygen atoms in total. The van der Waals surface area contributed by atoms with Crippen LogP contribution in [0.15, 0.2) is 28.7 Å². The van der Waals surface area contributed by atoms with Crippen molar-refractivity contribution in [3.63, 3.8) is 0 Å². The SMILES string of the molecule is CCCC1CC=C(c2ccc(Br)c(F)c2)CC1. The van der Waals surface area contributed by atoms with Crippen molar-refractivity contribution in [2.24, 2.45) is 5.92 Å². The Morgan fingerprint density at radius 1 is 1.41 bits per heavy atom. The normalized spacial score (nSPS) is 20.2. The predicted octanol–water partition coefficient (Wildman–Crippen LogP) is 5.57. The molecule has 1 atom stereocenters. The molecular formula is C15H18BrF. The van der Waals surface area contributed by atoms with Gasteiger partial charge in [-0.1, -0.05) is 31.9 Å². The molecule has 0 aliphatic heterocycles. The standard InChI is InChI=1S/C15H18BrF/c1-2-3-11-4-6-12(7-5-11)13-8-9-14(16)15(17)10-13/h6,8-11H,2-5,7H2,1H3. The molecule has 1 aliphatic carbocycles. The molecule has 0 spiro atoms. The van der Waals surface area contributed by atoms with E-state index in [0.717, 1.165) is 24.3 Å². The van der Waals surface area contributed by atoms with Gasteiger partial charge in [-0.05, 0) is 64.4 Å². The highest BCUT2D eigenvalue weighted by molar-refractivity contribution is 9.10. The van der Waals surface area contributed by atoms with Crippen LogP contribution < -0.4 is 0 Å². The third-order valence-electron chi connectivity index (χ3n) is 3.51. The predicted molar refractivity (Wildman–Crippen MR) is 74.3 cm³/mol. The van der Waals surface area contributed by atoms with Gasteiger partial charge in [-0.3, -0.25) is 0 Å². The van der Waals surface area contributed by atoms with Crippen LogP contribution in [0.25, 0.3) is 5.57 Å². The molecule has 1 aromatic carbocycles. The molecule has 1 aromatic rings. The lowest BCUT2D eigenvalue weighted by atomic mass is 9.84. The molecular weight excluding hydrogens is 279 g/mol. The topological polar surface area (TPSA) is 0 Å². The highest BCUT2D eigenvalue weighted by Crippen LogP contribution is 2.33. The average molecular weight is 297 g/mol. The molecule has 0 radical (unpaired) electrons. The summed E-state index contributed by atoms with van der Waals surface area (Å²) in [6.45, 7) is 2.24. The van der Waals surface area contributed by atoms with E-state index in [-0.39, 0.29) is 5.82 Å². The van der Waals surface area contributed by atoms with Crippen LogP contribution in [0.1, 0.15) is 44.6 Å². The summed E-state index contributed by atoms with van der Waals surface area (Å²) in [6.07, 6.45) is 8.37. The molecule has 17 heavy (non-hydrogen) atoms. The van der Waals surface area contributed by atoms with Gasteiger partial charge in [-0.15, -0.1) is 0 Å². The Kier molecular flexibility index (Phi) is 4.38. The third kappa shape index (κ3) is 3.19. The van der Waals surface area contributed by atoms with E-state index in [1.807, 2.05) is 6.07 Å². The van der Waals surface area contributed by atoms with Gasteiger partial charge in [0.25, 0.3) is 0 Å². The molecule has 2 heteroatoms. The van der Waals surface area contributed by atoms with Gasteiger partial charge in [0.2, 0.25) is 0 Å². The lowest BCUT2D eigenvalue weighted by Crippen LogP contribution is -2.05. The molecule has 0 saturated carbocycles. The van der Waals surface area contributed by atoms with Crippen molar-refractivity contribution < 1.29 is 4.39 Å². The lowest BCUT2D eigenvalue weighted by molar-refractivity contribution is 0.445. The van der Waals surface area contributed by atoms with Crippen molar-refractivity contribution in [1.29, 1.82) is 0 Å². The zero-order valence-corrected chi connectivity index (χ0v) is 11.8. The molecule has 0 N–H and O–H groups in total. The van der Waals surface area contributed by atoms with Crippen LogP contribution in [-0.2, 0) is 0 Å². The van der Waals surface area contributed by atoms with Gasteiger partial charge in [0.15, 0.2) is 0 Å². The first kappa shape index (κ1) is 12.8. The molecule has 0 amide bonds. The zero-order valence-electron chi connectivity index (χ0n) is 10.2. The van der Waals surface area contributed by atoms with E-state index in [9.17, 15) is 4.39 Å². The number of hydrogen-bond donors (Lipinski definition) is 0. The van der Waals surface area contributed by atoms with E-state index in [0.29, 0.717) is 4.47 Å². The van der Waals surface area contributed by atoms with Gasteiger partial charge in [-0.25, -0.2) is 4.39 Å². The Morgan fingerprint density at radius 3 is 2.82 bits per heavy atom. The van der Waals surface area contributed by atoms with Crippen LogP contribution in [0.2, 0.25) is 0 Å². The first-order valence-electron chi connectivity index (χ1n) is 6.35. The summed E-state index contributed by atoms with van der Waals surface area (Å²) in [5.74, 6) is 0.670. The minimum Gasteiger partial charge on any atom is -0.206 e. The lowest BCUT2D eigenvalue weighted by Gasteiger charge is -2.21. The largest absolute Gasteiger partial charge is 0.206 e. The second kappa shape index (κ2) is 5.81. The van der Waals surface area contributed by atoms with Gasteiger partial charge in [-0.2, -0.15) is 0 Å². The summed E-state index contributed by atoms with van der Waals surface area (Å²) in [7, 11) is 0. The van der Waals surface area contributed by atoms with E-state index in [2.05, 4.69) is 28.9 Å². The average Bonchev–Trinajstić information content (AvgIpc) is 2.34. The Hall–Kier alpha value is -0.630. The Labute approximate surface area is 111 Å². The van der Waals surface area contributed by atoms with Crippen LogP contribution in [0.3, 0.4) is 0 Å². The second-order valence-electron chi connectivity index (χ2n) is 4.79. The molecule has 1 aliphatic rings. The minimum atomic E-state index is -0.168. The van der Waals surface area contributed by atoms with Gasteiger partial charge >= 0.3 is 0 Å². The van der Waals surface area contributed by atoms with E-state index in [1.54, 1.807) is 12.1 Å². The number of benzene rings is 1. The van der Waals surface area contributed by atoms with Gasteiger partial charge < -0.3 is 0 Å². The summed E-state index contributed by atoms with van der Waals surface area (Å²) in [5.41, 5.74) is 2.35. The van der Waals surface area contributed by atoms with E-state index in [4.69, 9.17) is 0 Å². The Bertz CT molecular complexity index is 423. The fourth-order valence-corrected chi connectivity index (χ4v) is 2.76. The van der Waals surface area contributed by atoms with Crippen LogP contribution >= 0.6 is 15.9 Å². The van der Waals surface area contributed by atoms with Crippen LogP contribution in [0.5, 0.6) is 0 Å². The summed E-state index contributed by atoms with van der Waals surface area (Å²) in [6, 6.07) is 5.43. The van der Waals surface area contributed by atoms with Gasteiger partial charge in [0, 0.05) is 0 Å². The molecule has 0 fully saturated rings. The number of allylic oxidation sites excluding steroid dienone is 2. The summed E-state index contributed by atoms with van der Waals surface area (Å²) in [5, 5.41) is 0. The fraction of sp³-hybridized carbons (Fsp3) is 0.467. The maximum Gasteiger partial charge on any atom is 0.137 e. The van der Waals surface area contributed by atoms with Gasteiger partial charge in [0.05, 0.1) is 4.47 Å². The molecule has 0 bridgehead atoms. The summed E-state index contributed by atoms with van der Waals surface area (Å²) in [4.78, 5) is 0. The van der Waals surface area contributed by atoms with Crippen LogP contribution in [-0.4, -0.2) is 0 Å². The molecule has 0 saturated heterocycles. The fourth-order valence-electron chi connectivity index (χ4n) is 2.52. The summed E-state index contributed by atoms with van der Waals surface area (Å²) < 4.78 is 14.0. The van der Waals surface area contributed by atoms with E-state index < -0.39 is 0 Å². The smallest absolute Gasteiger partial charge is 0.137 e. The number of halogens is 2. The number of rotatable bonds is 3. The Morgan fingerprint density at radius 2 is 2.24 bits per heavy atom. The maximum atomic E-state index is 13.5. The van der Waals surface area contributed by atoms with E-state index >= 15 is 0 Å². The molecule has 0 heterocycles. The molecule has 92 valence electrons. The van der Waals surface area contributed by atoms with Gasteiger partial charge in [0.1, 0.15) is 5.82 Å².